The number of carbonyl (C=O) groups excluding carboxylic acids is 1. The molecule has 0 radical (unpaired) electrons. The van der Waals surface area contributed by atoms with Gasteiger partial charge >= 0.3 is 5.97 Å². The summed E-state index contributed by atoms with van der Waals surface area (Å²) in [6.07, 6.45) is 0. The van der Waals surface area contributed by atoms with Gasteiger partial charge in [0.25, 0.3) is 0 Å². The number of rotatable bonds is 5. The SMILES string of the molecule is COc1cc(/C(CO)=C(\C(C)=O)C(=O)O)ccc1O. The minimum atomic E-state index is -1.41. The van der Waals surface area contributed by atoms with Gasteiger partial charge in [0.15, 0.2) is 17.3 Å². The molecule has 0 heterocycles. The summed E-state index contributed by atoms with van der Waals surface area (Å²) in [6.45, 7) is 0.492. The standard InChI is InChI=1S/C13H14O6/c1-7(15)12(13(17)18)9(6-14)8-3-4-10(16)11(5-8)19-2/h3-5,14,16H,6H2,1-2H3,(H,17,18)/b12-9+. The van der Waals surface area contributed by atoms with Crippen LogP contribution in [-0.2, 0) is 9.59 Å². The number of aromatic hydroxyl groups is 1. The van der Waals surface area contributed by atoms with Crippen LogP contribution in [0.2, 0.25) is 0 Å². The number of ether oxygens (including phenoxy) is 1. The van der Waals surface area contributed by atoms with E-state index < -0.39 is 23.9 Å². The number of aliphatic carboxylic acids is 1. The molecule has 0 bridgehead atoms. The molecule has 0 saturated heterocycles. The van der Waals surface area contributed by atoms with E-state index >= 15 is 0 Å². The molecule has 0 amide bonds. The highest BCUT2D eigenvalue weighted by atomic mass is 16.5. The molecule has 0 atom stereocenters. The summed E-state index contributed by atoms with van der Waals surface area (Å²) in [7, 11) is 1.34. The molecule has 0 fully saturated rings. The molecule has 0 spiro atoms. The Bertz CT molecular complexity index is 528. The molecule has 0 aliphatic carbocycles. The Balaban J connectivity index is 3.49. The lowest BCUT2D eigenvalue weighted by Crippen LogP contribution is -2.13. The van der Waals surface area contributed by atoms with Gasteiger partial charge in [0, 0.05) is 5.57 Å². The van der Waals surface area contributed by atoms with Gasteiger partial charge in [0.1, 0.15) is 5.57 Å². The van der Waals surface area contributed by atoms with Crippen LogP contribution in [0, 0.1) is 0 Å². The molecule has 3 N–H and O–H groups in total. The molecular weight excluding hydrogens is 252 g/mol. The third-order valence-electron chi connectivity index (χ3n) is 2.55. The van der Waals surface area contributed by atoms with Gasteiger partial charge in [-0.1, -0.05) is 6.07 Å². The second kappa shape index (κ2) is 6.01. The quantitative estimate of drug-likeness (QED) is 0.414. The van der Waals surface area contributed by atoms with E-state index in [1.807, 2.05) is 0 Å². The summed E-state index contributed by atoms with van der Waals surface area (Å²) in [5.74, 6) is -2.08. The van der Waals surface area contributed by atoms with Crippen LogP contribution in [0.5, 0.6) is 11.5 Å². The Kier molecular flexibility index (Phi) is 4.66. The molecule has 0 aliphatic heterocycles. The predicted molar refractivity (Wildman–Crippen MR) is 67.0 cm³/mol. The smallest absolute Gasteiger partial charge is 0.339 e. The second-order valence-electron chi connectivity index (χ2n) is 3.76. The molecule has 1 rings (SSSR count). The molecule has 1 aromatic carbocycles. The van der Waals surface area contributed by atoms with E-state index in [-0.39, 0.29) is 17.1 Å². The van der Waals surface area contributed by atoms with Crippen LogP contribution in [-0.4, -0.2) is 40.8 Å². The molecule has 102 valence electrons. The maximum atomic E-state index is 11.4. The number of ketones is 1. The van der Waals surface area contributed by atoms with Gasteiger partial charge in [-0.25, -0.2) is 4.79 Å². The summed E-state index contributed by atoms with van der Waals surface area (Å²) in [6, 6.07) is 4.05. The topological polar surface area (TPSA) is 104 Å². The van der Waals surface area contributed by atoms with Crippen molar-refractivity contribution < 1.29 is 29.6 Å². The Labute approximate surface area is 109 Å². The number of Topliss-reactive ketones (excluding diaryl/α,β-unsaturated/α-hetero) is 1. The Morgan fingerprint density at radius 3 is 2.37 bits per heavy atom. The van der Waals surface area contributed by atoms with Gasteiger partial charge in [-0.3, -0.25) is 4.79 Å². The van der Waals surface area contributed by atoms with Gasteiger partial charge in [-0.15, -0.1) is 0 Å². The first-order valence-corrected chi connectivity index (χ1v) is 5.38. The first kappa shape index (κ1) is 14.7. The fourth-order valence-electron chi connectivity index (χ4n) is 1.67. The fourth-order valence-corrected chi connectivity index (χ4v) is 1.67. The van der Waals surface area contributed by atoms with Crippen LogP contribution in [0.1, 0.15) is 12.5 Å². The lowest BCUT2D eigenvalue weighted by Gasteiger charge is -2.11. The van der Waals surface area contributed by atoms with Crippen molar-refractivity contribution in [3.63, 3.8) is 0 Å². The lowest BCUT2D eigenvalue weighted by atomic mass is 9.98. The first-order valence-electron chi connectivity index (χ1n) is 5.38. The highest BCUT2D eigenvalue weighted by Gasteiger charge is 2.20. The number of carboxylic acid groups (broad SMARTS) is 1. The zero-order valence-corrected chi connectivity index (χ0v) is 10.5. The number of carbonyl (C=O) groups is 2. The van der Waals surface area contributed by atoms with Crippen molar-refractivity contribution in [2.24, 2.45) is 0 Å². The highest BCUT2D eigenvalue weighted by Crippen LogP contribution is 2.30. The van der Waals surface area contributed by atoms with Crippen LogP contribution < -0.4 is 4.74 Å². The van der Waals surface area contributed by atoms with E-state index in [0.29, 0.717) is 5.56 Å². The maximum Gasteiger partial charge on any atom is 0.339 e. The molecule has 0 aromatic heterocycles. The van der Waals surface area contributed by atoms with Gasteiger partial charge in [-0.2, -0.15) is 0 Å². The Morgan fingerprint density at radius 2 is 1.95 bits per heavy atom. The molecule has 1 aromatic rings. The van der Waals surface area contributed by atoms with Crippen molar-refractivity contribution in [2.75, 3.05) is 13.7 Å². The minimum Gasteiger partial charge on any atom is -0.504 e. The molecule has 0 saturated carbocycles. The number of hydrogen-bond acceptors (Lipinski definition) is 5. The number of aliphatic hydroxyl groups excluding tert-OH is 1. The van der Waals surface area contributed by atoms with Crippen LogP contribution >= 0.6 is 0 Å². The van der Waals surface area contributed by atoms with Crippen molar-refractivity contribution in [1.82, 2.24) is 0 Å². The number of aliphatic hydroxyl groups is 1. The van der Waals surface area contributed by atoms with Crippen molar-refractivity contribution in [1.29, 1.82) is 0 Å². The fraction of sp³-hybridized carbons (Fsp3) is 0.231. The Morgan fingerprint density at radius 1 is 1.32 bits per heavy atom. The largest absolute Gasteiger partial charge is 0.504 e. The van der Waals surface area contributed by atoms with Crippen LogP contribution in [0.25, 0.3) is 5.57 Å². The number of carboxylic acids is 1. The average molecular weight is 266 g/mol. The van der Waals surface area contributed by atoms with Crippen LogP contribution in [0.4, 0.5) is 0 Å². The van der Waals surface area contributed by atoms with E-state index in [9.17, 15) is 19.8 Å². The number of benzene rings is 1. The third-order valence-corrected chi connectivity index (χ3v) is 2.55. The summed E-state index contributed by atoms with van der Waals surface area (Å²) in [5.41, 5.74) is -0.224. The highest BCUT2D eigenvalue weighted by molar-refractivity contribution is 6.21. The zero-order valence-electron chi connectivity index (χ0n) is 10.5. The van der Waals surface area contributed by atoms with E-state index in [0.717, 1.165) is 6.92 Å². The van der Waals surface area contributed by atoms with Gasteiger partial charge in [0.05, 0.1) is 13.7 Å². The molecule has 6 heteroatoms. The van der Waals surface area contributed by atoms with Crippen molar-refractivity contribution in [2.45, 2.75) is 6.92 Å². The number of methoxy groups -OCH3 is 1. The van der Waals surface area contributed by atoms with Crippen molar-refractivity contribution in [3.05, 3.63) is 29.3 Å². The van der Waals surface area contributed by atoms with E-state index in [4.69, 9.17) is 9.84 Å². The lowest BCUT2D eigenvalue weighted by molar-refractivity contribution is -0.134. The summed E-state index contributed by atoms with van der Waals surface area (Å²) in [5, 5.41) is 27.8. The monoisotopic (exact) mass is 266 g/mol. The Hall–Kier alpha value is -2.34. The first-order chi connectivity index (χ1) is 8.92. The number of hydrogen-bond donors (Lipinski definition) is 3. The summed E-state index contributed by atoms with van der Waals surface area (Å²) in [4.78, 5) is 22.4. The van der Waals surface area contributed by atoms with Crippen LogP contribution in [0.3, 0.4) is 0 Å². The molecule has 6 nitrogen and oxygen atoms in total. The third kappa shape index (κ3) is 3.11. The van der Waals surface area contributed by atoms with E-state index in [2.05, 4.69) is 0 Å². The van der Waals surface area contributed by atoms with E-state index in [1.54, 1.807) is 0 Å². The molecule has 19 heavy (non-hydrogen) atoms. The van der Waals surface area contributed by atoms with Crippen LogP contribution in [0.15, 0.2) is 23.8 Å². The summed E-state index contributed by atoms with van der Waals surface area (Å²) >= 11 is 0. The summed E-state index contributed by atoms with van der Waals surface area (Å²) < 4.78 is 4.89. The van der Waals surface area contributed by atoms with Crippen molar-refractivity contribution >= 4 is 17.3 Å². The molecule has 0 aliphatic rings. The number of phenolic OH excluding ortho intramolecular Hbond substituents is 1. The average Bonchev–Trinajstić information content (AvgIpc) is 2.35. The van der Waals surface area contributed by atoms with Gasteiger partial charge in [-0.05, 0) is 24.6 Å². The van der Waals surface area contributed by atoms with Crippen molar-refractivity contribution in [3.8, 4) is 11.5 Å². The van der Waals surface area contributed by atoms with E-state index in [1.165, 1.54) is 25.3 Å². The zero-order chi connectivity index (χ0) is 14.6. The predicted octanol–water partition coefficient (Wildman–Crippen LogP) is 0.820. The normalized spacial score (nSPS) is 11.7. The maximum absolute atomic E-state index is 11.4. The number of phenols is 1. The van der Waals surface area contributed by atoms with Gasteiger partial charge < -0.3 is 20.1 Å². The molecular formula is C13H14O6. The van der Waals surface area contributed by atoms with Gasteiger partial charge in [0.2, 0.25) is 0 Å². The molecule has 0 unspecified atom stereocenters. The minimum absolute atomic E-state index is 0.0294. The second-order valence-corrected chi connectivity index (χ2v) is 3.76.